The largest absolute Gasteiger partial charge is 0.465 e. The van der Waals surface area contributed by atoms with Crippen LogP contribution in [-0.2, 0) is 16.0 Å². The van der Waals surface area contributed by atoms with Crippen molar-refractivity contribution in [3.63, 3.8) is 0 Å². The lowest BCUT2D eigenvalue weighted by atomic mass is 10.1. The van der Waals surface area contributed by atoms with Crippen LogP contribution in [0.5, 0.6) is 0 Å². The molecule has 20 heavy (non-hydrogen) atoms. The molecule has 5 nitrogen and oxygen atoms in total. The van der Waals surface area contributed by atoms with Gasteiger partial charge in [0.25, 0.3) is 0 Å². The van der Waals surface area contributed by atoms with Crippen LogP contribution in [0.2, 0.25) is 0 Å². The molecule has 0 unspecified atom stereocenters. The van der Waals surface area contributed by atoms with Crippen molar-refractivity contribution >= 4 is 11.9 Å². The fraction of sp³-hybridized carbons (Fsp3) is 0.467. The average molecular weight is 276 g/mol. The van der Waals surface area contributed by atoms with Gasteiger partial charge in [0.05, 0.1) is 19.2 Å². The lowest BCUT2D eigenvalue weighted by molar-refractivity contribution is -0.131. The predicted octanol–water partition coefficient (Wildman–Crippen LogP) is 0.838. The number of ether oxygens (including phenoxy) is 1. The van der Waals surface area contributed by atoms with Crippen LogP contribution in [-0.4, -0.2) is 50.1 Å². The van der Waals surface area contributed by atoms with Gasteiger partial charge in [0.15, 0.2) is 0 Å². The third-order valence-corrected chi connectivity index (χ3v) is 3.46. The molecule has 1 aliphatic rings. The number of esters is 1. The first-order valence-corrected chi connectivity index (χ1v) is 6.86. The monoisotopic (exact) mass is 276 g/mol. The number of methoxy groups -OCH3 is 1. The number of nitrogens with zero attached hydrogens (tertiary/aromatic N) is 1. The lowest BCUT2D eigenvalue weighted by Gasteiger charge is -2.27. The van der Waals surface area contributed by atoms with Crippen molar-refractivity contribution in [1.82, 2.24) is 10.2 Å². The van der Waals surface area contributed by atoms with E-state index in [0.717, 1.165) is 32.5 Å². The van der Waals surface area contributed by atoms with Gasteiger partial charge in [0.1, 0.15) is 0 Å². The molecular formula is C15H20N2O3. The van der Waals surface area contributed by atoms with Crippen LogP contribution in [0.4, 0.5) is 0 Å². The lowest BCUT2D eigenvalue weighted by Crippen LogP contribution is -2.48. The number of rotatable bonds is 5. The molecule has 0 aromatic heterocycles. The Bertz CT molecular complexity index is 471. The number of benzene rings is 1. The molecule has 0 saturated carbocycles. The standard InChI is InChI=1S/C15H20N2O3/c1-20-15(19)13-6-4-12(5-7-13)3-2-9-17-10-8-16-11-14(17)18/h4-7,16H,2-3,8-11H2,1H3. The molecule has 1 fully saturated rings. The summed E-state index contributed by atoms with van der Waals surface area (Å²) in [5.74, 6) is -0.139. The first kappa shape index (κ1) is 14.5. The highest BCUT2D eigenvalue weighted by atomic mass is 16.5. The quantitative estimate of drug-likeness (QED) is 0.810. The molecule has 0 atom stereocenters. The number of carbonyl (C=O) groups is 2. The van der Waals surface area contributed by atoms with Gasteiger partial charge in [-0.25, -0.2) is 4.79 Å². The molecule has 0 spiro atoms. The number of hydrogen-bond donors (Lipinski definition) is 1. The Hall–Kier alpha value is -1.88. The van der Waals surface area contributed by atoms with Gasteiger partial charge in [0, 0.05) is 19.6 Å². The maximum atomic E-state index is 11.6. The first-order chi connectivity index (χ1) is 9.70. The van der Waals surface area contributed by atoms with Crippen LogP contribution in [0, 0.1) is 0 Å². The number of carbonyl (C=O) groups excluding carboxylic acids is 2. The number of hydrogen-bond acceptors (Lipinski definition) is 4. The second-order valence-electron chi connectivity index (χ2n) is 4.85. The Kier molecular flexibility index (Phi) is 5.12. The molecule has 5 heteroatoms. The van der Waals surface area contributed by atoms with E-state index in [-0.39, 0.29) is 11.9 Å². The van der Waals surface area contributed by atoms with E-state index in [1.807, 2.05) is 17.0 Å². The Labute approximate surface area is 118 Å². The van der Waals surface area contributed by atoms with Crippen molar-refractivity contribution in [2.75, 3.05) is 33.3 Å². The fourth-order valence-electron chi connectivity index (χ4n) is 2.28. The molecule has 1 amide bonds. The number of aryl methyl sites for hydroxylation is 1. The number of amides is 1. The fourth-order valence-corrected chi connectivity index (χ4v) is 2.28. The van der Waals surface area contributed by atoms with Crippen LogP contribution in [0.25, 0.3) is 0 Å². The number of piperazine rings is 1. The van der Waals surface area contributed by atoms with E-state index in [9.17, 15) is 9.59 Å². The van der Waals surface area contributed by atoms with Gasteiger partial charge in [0.2, 0.25) is 5.91 Å². The highest BCUT2D eigenvalue weighted by Crippen LogP contribution is 2.08. The summed E-state index contributed by atoms with van der Waals surface area (Å²) >= 11 is 0. The maximum Gasteiger partial charge on any atom is 0.337 e. The summed E-state index contributed by atoms with van der Waals surface area (Å²) in [7, 11) is 1.38. The van der Waals surface area contributed by atoms with Crippen molar-refractivity contribution < 1.29 is 14.3 Å². The average Bonchev–Trinajstić information content (AvgIpc) is 2.49. The Morgan fingerprint density at radius 2 is 2.10 bits per heavy atom. The molecule has 1 heterocycles. The summed E-state index contributed by atoms with van der Waals surface area (Å²) in [6.45, 7) is 2.91. The normalized spacial score (nSPS) is 15.2. The second-order valence-corrected chi connectivity index (χ2v) is 4.85. The SMILES string of the molecule is COC(=O)c1ccc(CCCN2CCNCC2=O)cc1. The van der Waals surface area contributed by atoms with Crippen molar-refractivity contribution in [3.05, 3.63) is 35.4 Å². The van der Waals surface area contributed by atoms with Crippen LogP contribution in [0.1, 0.15) is 22.3 Å². The molecule has 1 aromatic carbocycles. The van der Waals surface area contributed by atoms with E-state index < -0.39 is 0 Å². The van der Waals surface area contributed by atoms with Crippen LogP contribution in [0.3, 0.4) is 0 Å². The zero-order valence-corrected chi connectivity index (χ0v) is 11.7. The molecule has 0 aliphatic carbocycles. The van der Waals surface area contributed by atoms with Crippen LogP contribution >= 0.6 is 0 Å². The van der Waals surface area contributed by atoms with E-state index in [4.69, 9.17) is 0 Å². The molecular weight excluding hydrogens is 256 g/mol. The molecule has 0 radical (unpaired) electrons. The molecule has 2 rings (SSSR count). The van der Waals surface area contributed by atoms with Crippen molar-refractivity contribution in [3.8, 4) is 0 Å². The van der Waals surface area contributed by atoms with E-state index in [0.29, 0.717) is 12.1 Å². The van der Waals surface area contributed by atoms with E-state index in [2.05, 4.69) is 10.1 Å². The van der Waals surface area contributed by atoms with Gasteiger partial charge in [-0.2, -0.15) is 0 Å². The summed E-state index contributed by atoms with van der Waals surface area (Å²) < 4.78 is 4.66. The third-order valence-electron chi connectivity index (χ3n) is 3.46. The highest BCUT2D eigenvalue weighted by molar-refractivity contribution is 5.89. The summed E-state index contributed by atoms with van der Waals surface area (Å²) in [6.07, 6.45) is 1.84. The Morgan fingerprint density at radius 3 is 2.75 bits per heavy atom. The molecule has 1 aliphatic heterocycles. The minimum absolute atomic E-state index is 0.178. The minimum Gasteiger partial charge on any atom is -0.465 e. The molecule has 1 N–H and O–H groups in total. The van der Waals surface area contributed by atoms with Crippen molar-refractivity contribution in [2.24, 2.45) is 0 Å². The smallest absolute Gasteiger partial charge is 0.337 e. The first-order valence-electron chi connectivity index (χ1n) is 6.86. The molecule has 1 saturated heterocycles. The van der Waals surface area contributed by atoms with Crippen molar-refractivity contribution in [1.29, 1.82) is 0 Å². The Balaban J connectivity index is 1.79. The Morgan fingerprint density at radius 1 is 1.35 bits per heavy atom. The molecule has 1 aromatic rings. The van der Waals surface area contributed by atoms with Gasteiger partial charge in [-0.05, 0) is 30.5 Å². The van der Waals surface area contributed by atoms with E-state index in [1.54, 1.807) is 12.1 Å². The summed E-state index contributed by atoms with van der Waals surface area (Å²) in [5, 5.41) is 3.06. The van der Waals surface area contributed by atoms with Crippen LogP contribution in [0.15, 0.2) is 24.3 Å². The summed E-state index contributed by atoms with van der Waals surface area (Å²) in [5.41, 5.74) is 1.73. The van der Waals surface area contributed by atoms with Gasteiger partial charge < -0.3 is 15.0 Å². The van der Waals surface area contributed by atoms with E-state index >= 15 is 0 Å². The predicted molar refractivity (Wildman–Crippen MR) is 75.6 cm³/mol. The molecule has 0 bridgehead atoms. The van der Waals surface area contributed by atoms with Gasteiger partial charge in [-0.3, -0.25) is 4.79 Å². The number of nitrogens with one attached hydrogen (secondary N) is 1. The summed E-state index contributed by atoms with van der Waals surface area (Å²) in [4.78, 5) is 24.8. The van der Waals surface area contributed by atoms with Crippen molar-refractivity contribution in [2.45, 2.75) is 12.8 Å². The minimum atomic E-state index is -0.317. The zero-order chi connectivity index (χ0) is 14.4. The second kappa shape index (κ2) is 7.05. The topological polar surface area (TPSA) is 58.6 Å². The zero-order valence-electron chi connectivity index (χ0n) is 11.7. The van der Waals surface area contributed by atoms with E-state index in [1.165, 1.54) is 12.7 Å². The van der Waals surface area contributed by atoms with Gasteiger partial charge in [-0.15, -0.1) is 0 Å². The van der Waals surface area contributed by atoms with Gasteiger partial charge in [-0.1, -0.05) is 12.1 Å². The van der Waals surface area contributed by atoms with Crippen LogP contribution < -0.4 is 5.32 Å². The third kappa shape index (κ3) is 3.81. The highest BCUT2D eigenvalue weighted by Gasteiger charge is 2.16. The van der Waals surface area contributed by atoms with Gasteiger partial charge >= 0.3 is 5.97 Å². The molecule has 108 valence electrons. The summed E-state index contributed by atoms with van der Waals surface area (Å²) in [6, 6.07) is 7.42. The maximum absolute atomic E-state index is 11.6.